The molecule has 5 heteroatoms. The van der Waals surface area contributed by atoms with Gasteiger partial charge in [0.05, 0.1) is 5.76 Å². The maximum atomic E-state index is 12.2. The van der Waals surface area contributed by atoms with E-state index in [0.717, 1.165) is 63.3 Å². The summed E-state index contributed by atoms with van der Waals surface area (Å²) in [4.78, 5) is 23.5. The summed E-state index contributed by atoms with van der Waals surface area (Å²) in [5, 5.41) is 2.98. The van der Waals surface area contributed by atoms with Gasteiger partial charge in [-0.05, 0) is 105 Å². The molecule has 5 aliphatic rings. The molecular weight excluding hydrogens is 498 g/mol. The average Bonchev–Trinajstić information content (AvgIpc) is 3.35. The molecule has 4 aliphatic carbocycles. The Bertz CT molecular complexity index is 1060. The van der Waals surface area contributed by atoms with Crippen molar-refractivity contribution in [3.05, 3.63) is 23.0 Å². The quantitative estimate of drug-likeness (QED) is 0.233. The van der Waals surface area contributed by atoms with Crippen LogP contribution in [0.15, 0.2) is 23.0 Å². The van der Waals surface area contributed by atoms with Crippen molar-refractivity contribution in [3.8, 4) is 0 Å². The molecule has 40 heavy (non-hydrogen) atoms. The van der Waals surface area contributed by atoms with Crippen molar-refractivity contribution < 1.29 is 19.1 Å². The molecule has 0 aromatic carbocycles. The number of hydrogen-bond acceptors (Lipinski definition) is 4. The molecule has 5 nitrogen and oxygen atoms in total. The van der Waals surface area contributed by atoms with Crippen LogP contribution in [-0.4, -0.2) is 30.1 Å². The SMILES string of the molecule is CCCC(=O)O[C@@H]1CC[C@@]2(C)C(=CC[C@H]3[C@H]2CC[C@]2(C)[C@@H]4C(C)=C(CC[C@H](C)CNC(C)=O)O[C@@]4(CC)C[C@@H]32)C1. The third-order valence-corrected chi connectivity index (χ3v) is 12.4. The predicted octanol–water partition coefficient (Wildman–Crippen LogP) is 7.89. The lowest BCUT2D eigenvalue weighted by atomic mass is 9.47. The van der Waals surface area contributed by atoms with E-state index in [2.05, 4.69) is 46.0 Å². The first-order chi connectivity index (χ1) is 19.0. The smallest absolute Gasteiger partial charge is 0.306 e. The van der Waals surface area contributed by atoms with Gasteiger partial charge in [0.15, 0.2) is 0 Å². The molecule has 0 bridgehead atoms. The molecule has 1 aliphatic heterocycles. The number of fused-ring (bicyclic) bond motifs is 7. The Hall–Kier alpha value is -1.78. The second-order valence-electron chi connectivity index (χ2n) is 14.8. The Kier molecular flexibility index (Phi) is 8.27. The van der Waals surface area contributed by atoms with E-state index in [9.17, 15) is 9.59 Å². The predicted molar refractivity (Wildman–Crippen MR) is 159 cm³/mol. The highest BCUT2D eigenvalue weighted by Gasteiger charge is 2.68. The standard InChI is InChI=1S/C35H55NO4/c1-8-10-31(38)39-26-15-17-33(6)25(19-26)12-13-27-28(33)16-18-34(7)29(27)20-35(9-2)32(34)23(4)30(40-35)14-11-22(3)21-36-24(5)37/h12,22,26-29,32H,8-11,13-21H2,1-7H3,(H,36,37)/t22-,26+,27-,28+,29-,32-,33-,34-,35-/m0/s1. The van der Waals surface area contributed by atoms with Crippen LogP contribution in [0.1, 0.15) is 126 Å². The number of hydrogen-bond donors (Lipinski definition) is 1. The molecule has 1 amide bonds. The molecule has 5 rings (SSSR count). The van der Waals surface area contributed by atoms with Crippen LogP contribution >= 0.6 is 0 Å². The van der Waals surface area contributed by atoms with Gasteiger partial charge in [-0.2, -0.15) is 0 Å². The molecule has 0 aromatic rings. The highest BCUT2D eigenvalue weighted by molar-refractivity contribution is 5.72. The van der Waals surface area contributed by atoms with Crippen LogP contribution in [0.4, 0.5) is 0 Å². The van der Waals surface area contributed by atoms with Crippen LogP contribution in [0.5, 0.6) is 0 Å². The van der Waals surface area contributed by atoms with E-state index >= 15 is 0 Å². The molecule has 0 saturated heterocycles. The van der Waals surface area contributed by atoms with Gasteiger partial charge in [-0.1, -0.05) is 46.3 Å². The zero-order valence-corrected chi connectivity index (χ0v) is 26.4. The van der Waals surface area contributed by atoms with Crippen LogP contribution in [0, 0.1) is 40.4 Å². The lowest BCUT2D eigenvalue weighted by Crippen LogP contribution is -2.50. The normalized spacial score (nSPS) is 40.7. The minimum atomic E-state index is -0.0510. The molecule has 1 N–H and O–H groups in total. The third-order valence-electron chi connectivity index (χ3n) is 12.4. The van der Waals surface area contributed by atoms with Gasteiger partial charge in [0.2, 0.25) is 5.91 Å². The fourth-order valence-electron chi connectivity index (χ4n) is 10.3. The van der Waals surface area contributed by atoms with Crippen molar-refractivity contribution in [2.75, 3.05) is 6.54 Å². The highest BCUT2D eigenvalue weighted by atomic mass is 16.5. The Morgan fingerprint density at radius 3 is 2.65 bits per heavy atom. The third kappa shape index (κ3) is 4.96. The largest absolute Gasteiger partial charge is 0.491 e. The molecule has 3 saturated carbocycles. The number of allylic oxidation sites excluding steroid dienone is 2. The zero-order valence-electron chi connectivity index (χ0n) is 26.4. The second kappa shape index (κ2) is 11.1. The summed E-state index contributed by atoms with van der Waals surface area (Å²) in [6.07, 6.45) is 15.2. The number of esters is 1. The molecule has 0 spiro atoms. The minimum Gasteiger partial charge on any atom is -0.491 e. The number of carbonyl (C=O) groups is 2. The van der Waals surface area contributed by atoms with E-state index in [-0.39, 0.29) is 29.0 Å². The summed E-state index contributed by atoms with van der Waals surface area (Å²) in [5.41, 5.74) is 3.58. The van der Waals surface area contributed by atoms with Gasteiger partial charge in [0.1, 0.15) is 11.7 Å². The first kappa shape index (κ1) is 29.7. The van der Waals surface area contributed by atoms with Crippen LogP contribution < -0.4 is 5.32 Å². The van der Waals surface area contributed by atoms with Crippen LogP contribution in [0.3, 0.4) is 0 Å². The first-order valence-electron chi connectivity index (χ1n) is 16.5. The van der Waals surface area contributed by atoms with Gasteiger partial charge >= 0.3 is 5.97 Å². The number of nitrogens with one attached hydrogen (secondary N) is 1. The second-order valence-corrected chi connectivity index (χ2v) is 14.8. The Balaban J connectivity index is 1.32. The van der Waals surface area contributed by atoms with Crippen molar-refractivity contribution in [1.82, 2.24) is 5.32 Å². The van der Waals surface area contributed by atoms with E-state index in [4.69, 9.17) is 9.47 Å². The summed E-state index contributed by atoms with van der Waals surface area (Å²) in [7, 11) is 0. The van der Waals surface area contributed by atoms with Crippen molar-refractivity contribution in [2.45, 2.75) is 137 Å². The minimum absolute atomic E-state index is 0.0221. The van der Waals surface area contributed by atoms with Crippen molar-refractivity contribution in [1.29, 1.82) is 0 Å². The zero-order chi connectivity index (χ0) is 28.9. The fraction of sp³-hybridized carbons (Fsp3) is 0.829. The van der Waals surface area contributed by atoms with Gasteiger partial charge in [0, 0.05) is 38.6 Å². The maximum Gasteiger partial charge on any atom is 0.306 e. The molecule has 0 radical (unpaired) electrons. The van der Waals surface area contributed by atoms with Crippen LogP contribution in [-0.2, 0) is 19.1 Å². The van der Waals surface area contributed by atoms with E-state index in [1.54, 1.807) is 12.5 Å². The monoisotopic (exact) mass is 553 g/mol. The molecular formula is C35H55NO4. The van der Waals surface area contributed by atoms with Gasteiger partial charge < -0.3 is 14.8 Å². The maximum absolute atomic E-state index is 12.2. The summed E-state index contributed by atoms with van der Waals surface area (Å²) in [5.74, 6) is 4.38. The molecule has 3 fully saturated rings. The van der Waals surface area contributed by atoms with E-state index in [1.165, 1.54) is 37.0 Å². The lowest BCUT2D eigenvalue weighted by Gasteiger charge is -2.58. The number of carbonyl (C=O) groups excluding carboxylic acids is 2. The van der Waals surface area contributed by atoms with E-state index < -0.39 is 0 Å². The summed E-state index contributed by atoms with van der Waals surface area (Å²) in [6.45, 7) is 16.5. The summed E-state index contributed by atoms with van der Waals surface area (Å²) >= 11 is 0. The van der Waals surface area contributed by atoms with Crippen LogP contribution in [0.2, 0.25) is 0 Å². The van der Waals surface area contributed by atoms with Gasteiger partial charge in [0.25, 0.3) is 0 Å². The Labute approximate surface area is 243 Å². The lowest BCUT2D eigenvalue weighted by molar-refractivity contribution is -0.151. The molecule has 0 unspecified atom stereocenters. The molecule has 0 aromatic heterocycles. The van der Waals surface area contributed by atoms with Gasteiger partial charge in [-0.15, -0.1) is 0 Å². The fourth-order valence-corrected chi connectivity index (χ4v) is 10.3. The topological polar surface area (TPSA) is 64.6 Å². The first-order valence-corrected chi connectivity index (χ1v) is 16.5. The van der Waals surface area contributed by atoms with Gasteiger partial charge in [-0.3, -0.25) is 9.59 Å². The van der Waals surface area contributed by atoms with Crippen LogP contribution in [0.25, 0.3) is 0 Å². The number of rotatable bonds is 9. The van der Waals surface area contributed by atoms with Crippen molar-refractivity contribution >= 4 is 11.9 Å². The molecule has 1 heterocycles. The Morgan fingerprint density at radius 2 is 1.95 bits per heavy atom. The summed E-state index contributed by atoms with van der Waals surface area (Å²) in [6, 6.07) is 0. The van der Waals surface area contributed by atoms with Crippen molar-refractivity contribution in [2.24, 2.45) is 40.4 Å². The van der Waals surface area contributed by atoms with E-state index in [1.807, 2.05) is 6.92 Å². The van der Waals surface area contributed by atoms with Gasteiger partial charge in [-0.25, -0.2) is 0 Å². The van der Waals surface area contributed by atoms with E-state index in [0.29, 0.717) is 29.6 Å². The number of amides is 1. The molecule has 9 atom stereocenters. The van der Waals surface area contributed by atoms with Crippen molar-refractivity contribution in [3.63, 3.8) is 0 Å². The highest BCUT2D eigenvalue weighted by Crippen LogP contribution is 2.72. The average molecular weight is 554 g/mol. The summed E-state index contributed by atoms with van der Waals surface area (Å²) < 4.78 is 13.0. The number of ether oxygens (including phenoxy) is 2. The molecule has 224 valence electrons. The Morgan fingerprint density at radius 1 is 1.18 bits per heavy atom.